The summed E-state index contributed by atoms with van der Waals surface area (Å²) in [4.78, 5) is 0. The van der Waals surface area contributed by atoms with Crippen LogP contribution in [-0.4, -0.2) is 0 Å². The van der Waals surface area contributed by atoms with Gasteiger partial charge in [-0.15, -0.1) is 0 Å². The molecule has 0 aliphatic heterocycles. The first-order chi connectivity index (χ1) is 11.2. The molecule has 23 heavy (non-hydrogen) atoms. The summed E-state index contributed by atoms with van der Waals surface area (Å²) in [7, 11) is 0. The molecule has 1 aliphatic rings. The van der Waals surface area contributed by atoms with Crippen molar-refractivity contribution in [3.05, 3.63) is 76.5 Å². The normalized spacial score (nSPS) is 20.5. The number of ether oxygens (including phenoxy) is 1. The lowest BCUT2D eigenvalue weighted by Crippen LogP contribution is -2.17. The Morgan fingerprint density at radius 3 is 2.43 bits per heavy atom. The summed E-state index contributed by atoms with van der Waals surface area (Å²) < 4.78 is 5.90. The van der Waals surface area contributed by atoms with Gasteiger partial charge in [0.2, 0.25) is 0 Å². The molecule has 0 amide bonds. The van der Waals surface area contributed by atoms with E-state index in [4.69, 9.17) is 16.3 Å². The molecule has 0 radical (unpaired) electrons. The van der Waals surface area contributed by atoms with Crippen LogP contribution in [0.4, 0.5) is 0 Å². The van der Waals surface area contributed by atoms with Crippen molar-refractivity contribution in [2.45, 2.75) is 25.7 Å². The molecule has 1 aliphatic carbocycles. The van der Waals surface area contributed by atoms with Gasteiger partial charge in [-0.3, -0.25) is 0 Å². The van der Waals surface area contributed by atoms with E-state index in [1.54, 1.807) is 12.1 Å². The molecular formula is C20H18ClNO. The summed E-state index contributed by atoms with van der Waals surface area (Å²) in [5.41, 5.74) is 2.46. The fourth-order valence-electron chi connectivity index (χ4n) is 2.93. The number of halogens is 1. The van der Waals surface area contributed by atoms with Crippen molar-refractivity contribution < 1.29 is 4.74 Å². The van der Waals surface area contributed by atoms with Gasteiger partial charge < -0.3 is 4.74 Å². The highest BCUT2D eigenvalue weighted by atomic mass is 35.5. The standard InChI is InChI=1S/C20H18ClNO/c1-14-2-4-15(5-3-14)20-11-10-19(12-16(20)13-22)23-18-8-6-17(21)7-9-18/h2-9,12,16,20H,10-11H2,1H3. The Hall–Kier alpha value is -2.24. The number of benzene rings is 2. The van der Waals surface area contributed by atoms with Crippen molar-refractivity contribution >= 4 is 11.6 Å². The van der Waals surface area contributed by atoms with Gasteiger partial charge in [-0.25, -0.2) is 0 Å². The fourth-order valence-corrected chi connectivity index (χ4v) is 3.06. The van der Waals surface area contributed by atoms with E-state index in [1.165, 1.54) is 11.1 Å². The van der Waals surface area contributed by atoms with E-state index in [0.717, 1.165) is 24.4 Å². The number of hydrogen-bond acceptors (Lipinski definition) is 2. The second-order valence-electron chi connectivity index (χ2n) is 5.90. The third-order valence-electron chi connectivity index (χ3n) is 4.22. The number of nitriles is 1. The maximum atomic E-state index is 9.53. The van der Waals surface area contributed by atoms with Gasteiger partial charge in [0.25, 0.3) is 0 Å². The number of nitrogens with zero attached hydrogens (tertiary/aromatic N) is 1. The molecule has 2 unspecified atom stereocenters. The van der Waals surface area contributed by atoms with Gasteiger partial charge >= 0.3 is 0 Å². The smallest absolute Gasteiger partial charge is 0.127 e. The van der Waals surface area contributed by atoms with E-state index in [2.05, 4.69) is 37.3 Å². The zero-order chi connectivity index (χ0) is 16.2. The molecule has 3 heteroatoms. The summed E-state index contributed by atoms with van der Waals surface area (Å²) in [5, 5.41) is 10.2. The number of rotatable bonds is 3. The van der Waals surface area contributed by atoms with Crippen molar-refractivity contribution in [3.8, 4) is 11.8 Å². The fraction of sp³-hybridized carbons (Fsp3) is 0.250. The molecule has 2 nitrogen and oxygen atoms in total. The molecule has 0 spiro atoms. The van der Waals surface area contributed by atoms with Crippen LogP contribution in [0.3, 0.4) is 0 Å². The molecule has 0 saturated heterocycles. The van der Waals surface area contributed by atoms with Gasteiger partial charge in [-0.2, -0.15) is 5.26 Å². The predicted molar refractivity (Wildman–Crippen MR) is 92.4 cm³/mol. The topological polar surface area (TPSA) is 33.0 Å². The molecule has 0 bridgehead atoms. The Kier molecular flexibility index (Phi) is 4.69. The van der Waals surface area contributed by atoms with Gasteiger partial charge in [0.1, 0.15) is 11.5 Å². The Morgan fingerprint density at radius 2 is 1.78 bits per heavy atom. The molecular weight excluding hydrogens is 306 g/mol. The summed E-state index contributed by atoms with van der Waals surface area (Å²) in [6.07, 6.45) is 3.71. The lowest BCUT2D eigenvalue weighted by Gasteiger charge is -2.26. The van der Waals surface area contributed by atoms with E-state index in [1.807, 2.05) is 18.2 Å². The third kappa shape index (κ3) is 3.75. The molecule has 2 aromatic carbocycles. The van der Waals surface area contributed by atoms with Crippen LogP contribution in [0.5, 0.6) is 5.75 Å². The number of allylic oxidation sites excluding steroid dienone is 2. The average Bonchev–Trinajstić information content (AvgIpc) is 2.58. The van der Waals surface area contributed by atoms with E-state index in [9.17, 15) is 5.26 Å². The predicted octanol–water partition coefficient (Wildman–Crippen LogP) is 5.63. The highest BCUT2D eigenvalue weighted by Crippen LogP contribution is 2.37. The van der Waals surface area contributed by atoms with Gasteiger partial charge in [0, 0.05) is 17.4 Å². The van der Waals surface area contributed by atoms with Crippen molar-refractivity contribution in [1.29, 1.82) is 5.26 Å². The number of aryl methyl sites for hydroxylation is 1. The van der Waals surface area contributed by atoms with E-state index in [0.29, 0.717) is 5.02 Å². The van der Waals surface area contributed by atoms with Crippen LogP contribution in [0.1, 0.15) is 29.9 Å². The Morgan fingerprint density at radius 1 is 1.09 bits per heavy atom. The van der Waals surface area contributed by atoms with Gasteiger partial charge in [-0.05, 0) is 49.2 Å². The lowest BCUT2D eigenvalue weighted by molar-refractivity contribution is 0.359. The van der Waals surface area contributed by atoms with Gasteiger partial charge in [0.15, 0.2) is 0 Å². The minimum absolute atomic E-state index is 0.159. The van der Waals surface area contributed by atoms with Crippen LogP contribution in [0, 0.1) is 24.2 Å². The number of hydrogen-bond donors (Lipinski definition) is 0. The second-order valence-corrected chi connectivity index (χ2v) is 6.34. The SMILES string of the molecule is Cc1ccc(C2CCC(Oc3ccc(Cl)cc3)=CC2C#N)cc1. The monoisotopic (exact) mass is 323 g/mol. The van der Waals surface area contributed by atoms with Crippen molar-refractivity contribution in [1.82, 2.24) is 0 Å². The van der Waals surface area contributed by atoms with Crippen molar-refractivity contribution in [3.63, 3.8) is 0 Å². The second kappa shape index (κ2) is 6.89. The minimum Gasteiger partial charge on any atom is -0.462 e. The zero-order valence-electron chi connectivity index (χ0n) is 13.0. The van der Waals surface area contributed by atoms with Crippen LogP contribution in [0.2, 0.25) is 5.02 Å². The van der Waals surface area contributed by atoms with Crippen LogP contribution in [0.25, 0.3) is 0 Å². The van der Waals surface area contributed by atoms with E-state index >= 15 is 0 Å². The first kappa shape index (κ1) is 15.6. The molecule has 2 aromatic rings. The van der Waals surface area contributed by atoms with Gasteiger partial charge in [0.05, 0.1) is 12.0 Å². The summed E-state index contributed by atoms with van der Waals surface area (Å²) in [5.74, 6) is 1.69. The Balaban J connectivity index is 1.77. The molecule has 0 N–H and O–H groups in total. The van der Waals surface area contributed by atoms with E-state index < -0.39 is 0 Å². The van der Waals surface area contributed by atoms with Crippen LogP contribution in [0.15, 0.2) is 60.4 Å². The van der Waals surface area contributed by atoms with Crippen molar-refractivity contribution in [2.24, 2.45) is 5.92 Å². The highest BCUT2D eigenvalue weighted by molar-refractivity contribution is 6.30. The molecule has 3 rings (SSSR count). The lowest BCUT2D eigenvalue weighted by atomic mass is 9.79. The van der Waals surface area contributed by atoms with Crippen LogP contribution in [-0.2, 0) is 0 Å². The zero-order valence-corrected chi connectivity index (χ0v) is 13.8. The first-order valence-electron chi connectivity index (χ1n) is 7.76. The molecule has 0 saturated carbocycles. The van der Waals surface area contributed by atoms with Crippen LogP contribution >= 0.6 is 11.6 Å². The van der Waals surface area contributed by atoms with Crippen LogP contribution < -0.4 is 4.74 Å². The Labute approximate surface area is 142 Å². The molecule has 0 aromatic heterocycles. The first-order valence-corrected chi connectivity index (χ1v) is 8.14. The molecule has 0 fully saturated rings. The van der Waals surface area contributed by atoms with Crippen molar-refractivity contribution in [2.75, 3.05) is 0 Å². The molecule has 2 atom stereocenters. The third-order valence-corrected chi connectivity index (χ3v) is 4.47. The summed E-state index contributed by atoms with van der Waals surface area (Å²) in [6, 6.07) is 18.2. The van der Waals surface area contributed by atoms with E-state index in [-0.39, 0.29) is 11.8 Å². The quantitative estimate of drug-likeness (QED) is 0.733. The maximum Gasteiger partial charge on any atom is 0.127 e. The summed E-state index contributed by atoms with van der Waals surface area (Å²) in [6.45, 7) is 2.07. The minimum atomic E-state index is -0.159. The molecule has 116 valence electrons. The summed E-state index contributed by atoms with van der Waals surface area (Å²) >= 11 is 5.88. The largest absolute Gasteiger partial charge is 0.462 e. The maximum absolute atomic E-state index is 9.53. The highest BCUT2D eigenvalue weighted by Gasteiger charge is 2.27. The average molecular weight is 324 g/mol. The molecule has 0 heterocycles. The van der Waals surface area contributed by atoms with Gasteiger partial charge in [-0.1, -0.05) is 41.4 Å². The Bertz CT molecular complexity index is 741.